The van der Waals surface area contributed by atoms with Crippen LogP contribution < -0.4 is 10.6 Å². The van der Waals surface area contributed by atoms with Crippen molar-refractivity contribution >= 4 is 44.6 Å². The summed E-state index contributed by atoms with van der Waals surface area (Å²) in [6.45, 7) is 2.02. The van der Waals surface area contributed by atoms with Gasteiger partial charge in [0.05, 0.1) is 0 Å². The molecule has 0 aliphatic rings. The summed E-state index contributed by atoms with van der Waals surface area (Å²) in [7, 11) is -3.73. The Balaban J connectivity index is 2.23. The number of benzene rings is 1. The lowest BCUT2D eigenvalue weighted by atomic mass is 10.1. The van der Waals surface area contributed by atoms with E-state index in [-0.39, 0.29) is 10.8 Å². The molecule has 0 aliphatic carbocycles. The lowest BCUT2D eigenvalue weighted by Crippen LogP contribution is -2.42. The molecule has 0 saturated heterocycles. The van der Waals surface area contributed by atoms with Crippen LogP contribution in [0.2, 0.25) is 5.02 Å². The van der Waals surface area contributed by atoms with E-state index in [4.69, 9.17) is 11.6 Å². The Morgan fingerprint density at radius 1 is 1.12 bits per heavy atom. The van der Waals surface area contributed by atoms with Crippen molar-refractivity contribution in [2.24, 2.45) is 0 Å². The zero-order valence-corrected chi connectivity index (χ0v) is 16.5. The van der Waals surface area contributed by atoms with Crippen LogP contribution in [0, 0.1) is 0 Å². The number of rotatable bonds is 7. The lowest BCUT2D eigenvalue weighted by molar-refractivity contribution is -0.139. The molecule has 0 fully saturated rings. The van der Waals surface area contributed by atoms with Crippen LogP contribution in [-0.4, -0.2) is 33.3 Å². The van der Waals surface area contributed by atoms with Gasteiger partial charge in [-0.2, -0.15) is 0 Å². The van der Waals surface area contributed by atoms with Gasteiger partial charge in [0.25, 0.3) is 0 Å². The summed E-state index contributed by atoms with van der Waals surface area (Å²) in [5, 5.41) is 5.99. The molecular formula is C17H19ClN2O4S2. The molecule has 2 aromatic rings. The van der Waals surface area contributed by atoms with Gasteiger partial charge in [0, 0.05) is 18.1 Å². The third-order valence-corrected chi connectivity index (χ3v) is 7.37. The lowest BCUT2D eigenvalue weighted by Gasteiger charge is -2.18. The van der Waals surface area contributed by atoms with Crippen LogP contribution in [0.1, 0.15) is 24.2 Å². The fourth-order valence-corrected chi connectivity index (χ4v) is 5.23. The monoisotopic (exact) mass is 414 g/mol. The molecule has 0 aliphatic heterocycles. The molecule has 1 aromatic carbocycles. The van der Waals surface area contributed by atoms with E-state index in [1.807, 2.05) is 6.92 Å². The molecule has 0 unspecified atom stereocenters. The van der Waals surface area contributed by atoms with E-state index in [0.717, 1.165) is 11.3 Å². The fourth-order valence-electron chi connectivity index (χ4n) is 2.23. The first-order valence-corrected chi connectivity index (χ1v) is 10.8. The van der Waals surface area contributed by atoms with Crippen LogP contribution >= 0.6 is 22.9 Å². The Labute approximate surface area is 161 Å². The molecule has 0 spiro atoms. The summed E-state index contributed by atoms with van der Waals surface area (Å²) in [5.74, 6) is -1.64. The topological polar surface area (TPSA) is 92.3 Å². The fraction of sp³-hybridized carbons (Fsp3) is 0.294. The highest BCUT2D eigenvalue weighted by molar-refractivity contribution is 7.93. The van der Waals surface area contributed by atoms with Gasteiger partial charge >= 0.3 is 11.8 Å². The molecule has 2 amide bonds. The van der Waals surface area contributed by atoms with E-state index in [2.05, 4.69) is 10.6 Å². The van der Waals surface area contributed by atoms with Gasteiger partial charge in [-0.3, -0.25) is 9.59 Å². The van der Waals surface area contributed by atoms with Gasteiger partial charge in [-0.05, 0) is 35.6 Å². The molecular weight excluding hydrogens is 396 g/mol. The smallest absolute Gasteiger partial charge is 0.309 e. The number of hydrogen-bond acceptors (Lipinski definition) is 5. The van der Waals surface area contributed by atoms with Crippen molar-refractivity contribution in [3.05, 3.63) is 52.4 Å². The van der Waals surface area contributed by atoms with Gasteiger partial charge in [0.15, 0.2) is 9.84 Å². The van der Waals surface area contributed by atoms with E-state index in [0.29, 0.717) is 23.6 Å². The van der Waals surface area contributed by atoms with Gasteiger partial charge in [-0.1, -0.05) is 36.7 Å². The van der Waals surface area contributed by atoms with Crippen LogP contribution in [0.25, 0.3) is 0 Å². The molecule has 9 heteroatoms. The second-order valence-corrected chi connectivity index (χ2v) is 9.22. The number of sulfone groups is 1. The average Bonchev–Trinajstić information content (AvgIpc) is 3.16. The SMILES string of the molecule is CCCNC(=O)C(=O)NC[C@@H](c1ccc(Cl)cc1)S(=O)(=O)c1cccs1. The standard InChI is InChI=1S/C17H19ClN2O4S2/c1-2-9-19-16(21)17(22)20-11-14(12-5-7-13(18)8-6-12)26(23,24)15-4-3-10-25-15/h3-8,10,14H,2,9,11H2,1H3,(H,19,21)(H,20,22)/t14-/m0/s1. The number of nitrogens with one attached hydrogen (secondary N) is 2. The molecule has 2 rings (SSSR count). The Kier molecular flexibility index (Phi) is 7.19. The van der Waals surface area contributed by atoms with E-state index in [9.17, 15) is 18.0 Å². The van der Waals surface area contributed by atoms with E-state index < -0.39 is 26.9 Å². The van der Waals surface area contributed by atoms with Crippen molar-refractivity contribution in [2.75, 3.05) is 13.1 Å². The predicted octanol–water partition coefficient (Wildman–Crippen LogP) is 2.56. The van der Waals surface area contributed by atoms with E-state index in [1.165, 1.54) is 6.07 Å². The highest BCUT2D eigenvalue weighted by Gasteiger charge is 2.31. The quantitative estimate of drug-likeness (QED) is 0.681. The van der Waals surface area contributed by atoms with E-state index in [1.54, 1.807) is 35.7 Å². The number of thiophene rings is 1. The second kappa shape index (κ2) is 9.16. The zero-order chi connectivity index (χ0) is 19.2. The number of carbonyl (C=O) groups excluding carboxylic acids is 2. The maximum absolute atomic E-state index is 13.0. The van der Waals surface area contributed by atoms with Crippen molar-refractivity contribution in [1.82, 2.24) is 10.6 Å². The van der Waals surface area contributed by atoms with Crippen LogP contribution in [0.15, 0.2) is 46.0 Å². The molecule has 1 heterocycles. The first-order chi connectivity index (χ1) is 12.4. The number of hydrogen-bond donors (Lipinski definition) is 2. The van der Waals surface area contributed by atoms with E-state index >= 15 is 0 Å². The molecule has 0 saturated carbocycles. The molecule has 0 radical (unpaired) electrons. The normalized spacial score (nSPS) is 12.4. The first-order valence-electron chi connectivity index (χ1n) is 7.95. The van der Waals surface area contributed by atoms with Crippen molar-refractivity contribution in [2.45, 2.75) is 22.8 Å². The van der Waals surface area contributed by atoms with Crippen LogP contribution in [0.3, 0.4) is 0 Å². The minimum atomic E-state index is -3.73. The average molecular weight is 415 g/mol. The van der Waals surface area contributed by atoms with Gasteiger partial charge in [-0.15, -0.1) is 11.3 Å². The van der Waals surface area contributed by atoms with Crippen molar-refractivity contribution in [3.63, 3.8) is 0 Å². The molecule has 1 aromatic heterocycles. The van der Waals surface area contributed by atoms with Crippen LogP contribution in [-0.2, 0) is 19.4 Å². The number of carbonyl (C=O) groups is 2. The molecule has 0 bridgehead atoms. The summed E-state index contributed by atoms with van der Waals surface area (Å²) in [6.07, 6.45) is 0.694. The van der Waals surface area contributed by atoms with Crippen LogP contribution in [0.5, 0.6) is 0 Å². The Hall–Kier alpha value is -1.90. The highest BCUT2D eigenvalue weighted by Crippen LogP contribution is 2.31. The highest BCUT2D eigenvalue weighted by atomic mass is 35.5. The minimum absolute atomic E-state index is 0.196. The number of halogens is 1. The van der Waals surface area contributed by atoms with Gasteiger partial charge in [0.2, 0.25) is 0 Å². The molecule has 140 valence electrons. The summed E-state index contributed by atoms with van der Waals surface area (Å²) < 4.78 is 26.1. The number of amides is 2. The Morgan fingerprint density at radius 3 is 2.35 bits per heavy atom. The summed E-state index contributed by atoms with van der Waals surface area (Å²) in [6, 6.07) is 9.53. The Morgan fingerprint density at radius 2 is 1.77 bits per heavy atom. The maximum Gasteiger partial charge on any atom is 0.309 e. The second-order valence-electron chi connectivity index (χ2n) is 5.48. The maximum atomic E-state index is 13.0. The molecule has 1 atom stereocenters. The van der Waals surface area contributed by atoms with Crippen molar-refractivity contribution in [3.8, 4) is 0 Å². The molecule has 26 heavy (non-hydrogen) atoms. The van der Waals surface area contributed by atoms with Crippen LogP contribution in [0.4, 0.5) is 0 Å². The van der Waals surface area contributed by atoms with Gasteiger partial charge < -0.3 is 10.6 Å². The summed E-state index contributed by atoms with van der Waals surface area (Å²) in [5.41, 5.74) is 0.483. The molecule has 6 nitrogen and oxygen atoms in total. The zero-order valence-electron chi connectivity index (χ0n) is 14.1. The molecule has 2 N–H and O–H groups in total. The van der Waals surface area contributed by atoms with Crippen molar-refractivity contribution in [1.29, 1.82) is 0 Å². The first kappa shape index (κ1) is 20.4. The summed E-state index contributed by atoms with van der Waals surface area (Å²) >= 11 is 6.98. The van der Waals surface area contributed by atoms with Crippen molar-refractivity contribution < 1.29 is 18.0 Å². The minimum Gasteiger partial charge on any atom is -0.348 e. The third-order valence-electron chi connectivity index (χ3n) is 3.58. The van der Waals surface area contributed by atoms with Gasteiger partial charge in [0.1, 0.15) is 9.46 Å². The Bertz CT molecular complexity index is 849. The largest absolute Gasteiger partial charge is 0.348 e. The third kappa shape index (κ3) is 5.06. The van der Waals surface area contributed by atoms with Gasteiger partial charge in [-0.25, -0.2) is 8.42 Å². The predicted molar refractivity (Wildman–Crippen MR) is 102 cm³/mol. The summed E-state index contributed by atoms with van der Waals surface area (Å²) in [4.78, 5) is 23.6.